The van der Waals surface area contributed by atoms with Crippen molar-refractivity contribution in [3.8, 4) is 0 Å². The molecule has 1 aromatic rings. The average molecular weight is 222 g/mol. The molecular weight excluding hydrogens is 204 g/mol. The van der Waals surface area contributed by atoms with Crippen molar-refractivity contribution in [2.45, 2.75) is 32.9 Å². The smallest absolute Gasteiger partial charge is 0.320 e. The van der Waals surface area contributed by atoms with Gasteiger partial charge in [0, 0.05) is 18.9 Å². The maximum Gasteiger partial charge on any atom is 0.320 e. The molecule has 0 amide bonds. The Morgan fingerprint density at radius 2 is 2.06 bits per heavy atom. The van der Waals surface area contributed by atoms with Crippen LogP contribution in [0.4, 0.5) is 0 Å². The van der Waals surface area contributed by atoms with E-state index in [0.29, 0.717) is 18.9 Å². The number of nitrogens with zero attached hydrogens (tertiary/aromatic N) is 1. The topological polar surface area (TPSA) is 62.2 Å². The fraction of sp³-hybridized carbons (Fsp3) is 0.500. The van der Waals surface area contributed by atoms with Gasteiger partial charge in [0.15, 0.2) is 0 Å². The third kappa shape index (κ3) is 4.40. The molecule has 0 aliphatic rings. The molecule has 1 heterocycles. The lowest BCUT2D eigenvalue weighted by Gasteiger charge is -2.16. The van der Waals surface area contributed by atoms with Crippen molar-refractivity contribution in [1.29, 1.82) is 0 Å². The Morgan fingerprint density at radius 3 is 2.56 bits per heavy atom. The van der Waals surface area contributed by atoms with Gasteiger partial charge in [-0.15, -0.1) is 0 Å². The zero-order valence-electron chi connectivity index (χ0n) is 9.68. The summed E-state index contributed by atoms with van der Waals surface area (Å²) in [6, 6.07) is 3.27. The van der Waals surface area contributed by atoms with Gasteiger partial charge in [0.25, 0.3) is 0 Å². The maximum absolute atomic E-state index is 11.0. The average Bonchev–Trinajstić information content (AvgIpc) is 2.25. The summed E-state index contributed by atoms with van der Waals surface area (Å²) in [4.78, 5) is 14.9. The molecule has 1 rings (SSSR count). The summed E-state index contributed by atoms with van der Waals surface area (Å²) >= 11 is 0. The Bertz CT molecular complexity index is 325. The SMILES string of the molecule is CC(C)CC(NCc1ccncc1)C(=O)O. The van der Waals surface area contributed by atoms with Crippen molar-refractivity contribution < 1.29 is 9.90 Å². The van der Waals surface area contributed by atoms with Gasteiger partial charge in [0.05, 0.1) is 0 Å². The molecule has 0 aromatic carbocycles. The van der Waals surface area contributed by atoms with Crippen molar-refractivity contribution in [3.05, 3.63) is 30.1 Å². The fourth-order valence-electron chi connectivity index (χ4n) is 1.48. The van der Waals surface area contributed by atoms with Crippen LogP contribution in [0.2, 0.25) is 0 Å². The molecule has 0 aliphatic heterocycles. The third-order valence-electron chi connectivity index (χ3n) is 2.31. The van der Waals surface area contributed by atoms with E-state index in [1.165, 1.54) is 0 Å². The number of carbonyl (C=O) groups is 1. The zero-order chi connectivity index (χ0) is 12.0. The zero-order valence-corrected chi connectivity index (χ0v) is 9.68. The molecular formula is C12H18N2O2. The predicted octanol–water partition coefficient (Wildman–Crippen LogP) is 1.67. The van der Waals surface area contributed by atoms with Crippen LogP contribution in [0.3, 0.4) is 0 Å². The summed E-state index contributed by atoms with van der Waals surface area (Å²) in [5.74, 6) is -0.422. The molecule has 1 unspecified atom stereocenters. The molecule has 1 aromatic heterocycles. The number of rotatable bonds is 6. The molecule has 1 atom stereocenters. The predicted molar refractivity (Wildman–Crippen MR) is 62.0 cm³/mol. The number of aromatic nitrogens is 1. The molecule has 88 valence electrons. The van der Waals surface area contributed by atoms with Crippen LogP contribution >= 0.6 is 0 Å². The van der Waals surface area contributed by atoms with Gasteiger partial charge < -0.3 is 10.4 Å². The Hall–Kier alpha value is -1.42. The van der Waals surface area contributed by atoms with Crippen LogP contribution in [0.25, 0.3) is 0 Å². The Balaban J connectivity index is 2.47. The molecule has 4 nitrogen and oxygen atoms in total. The number of carboxylic acids is 1. The van der Waals surface area contributed by atoms with Crippen molar-refractivity contribution >= 4 is 5.97 Å². The van der Waals surface area contributed by atoms with Crippen LogP contribution in [-0.4, -0.2) is 22.1 Å². The van der Waals surface area contributed by atoms with Gasteiger partial charge in [-0.1, -0.05) is 13.8 Å². The lowest BCUT2D eigenvalue weighted by atomic mass is 10.0. The summed E-state index contributed by atoms with van der Waals surface area (Å²) in [5, 5.41) is 12.1. The summed E-state index contributed by atoms with van der Waals surface area (Å²) in [7, 11) is 0. The molecule has 0 aliphatic carbocycles. The molecule has 0 saturated heterocycles. The first-order valence-corrected chi connectivity index (χ1v) is 5.44. The van der Waals surface area contributed by atoms with E-state index in [0.717, 1.165) is 5.56 Å². The van der Waals surface area contributed by atoms with Crippen LogP contribution < -0.4 is 5.32 Å². The highest BCUT2D eigenvalue weighted by Gasteiger charge is 2.17. The van der Waals surface area contributed by atoms with Gasteiger partial charge in [-0.25, -0.2) is 0 Å². The van der Waals surface area contributed by atoms with Crippen molar-refractivity contribution in [1.82, 2.24) is 10.3 Å². The lowest BCUT2D eigenvalue weighted by Crippen LogP contribution is -2.37. The summed E-state index contributed by atoms with van der Waals surface area (Å²) < 4.78 is 0. The first-order valence-electron chi connectivity index (χ1n) is 5.44. The maximum atomic E-state index is 11.0. The van der Waals surface area contributed by atoms with Crippen molar-refractivity contribution in [2.75, 3.05) is 0 Å². The number of hydrogen-bond donors (Lipinski definition) is 2. The van der Waals surface area contributed by atoms with Gasteiger partial charge in [-0.05, 0) is 30.0 Å². The van der Waals surface area contributed by atoms with Gasteiger partial charge in [-0.2, -0.15) is 0 Å². The van der Waals surface area contributed by atoms with Gasteiger partial charge in [0.1, 0.15) is 6.04 Å². The van der Waals surface area contributed by atoms with Crippen LogP contribution in [-0.2, 0) is 11.3 Å². The van der Waals surface area contributed by atoms with E-state index in [-0.39, 0.29) is 0 Å². The van der Waals surface area contributed by atoms with Gasteiger partial charge in [0.2, 0.25) is 0 Å². The summed E-state index contributed by atoms with van der Waals surface area (Å²) in [5.41, 5.74) is 1.05. The number of pyridine rings is 1. The standard InChI is InChI=1S/C12H18N2O2/c1-9(2)7-11(12(15)16)14-8-10-3-5-13-6-4-10/h3-6,9,11,14H,7-8H2,1-2H3,(H,15,16). The Labute approximate surface area is 95.7 Å². The van der Waals surface area contributed by atoms with Gasteiger partial charge in [-0.3, -0.25) is 9.78 Å². The van der Waals surface area contributed by atoms with E-state index in [9.17, 15) is 4.79 Å². The second-order valence-electron chi connectivity index (χ2n) is 4.26. The number of aliphatic carboxylic acids is 1. The van der Waals surface area contributed by atoms with Gasteiger partial charge >= 0.3 is 5.97 Å². The molecule has 0 spiro atoms. The molecule has 0 fully saturated rings. The minimum atomic E-state index is -0.789. The summed E-state index contributed by atoms with van der Waals surface area (Å²) in [6.07, 6.45) is 4.05. The van der Waals surface area contributed by atoms with E-state index in [2.05, 4.69) is 10.3 Å². The van der Waals surface area contributed by atoms with Crippen molar-refractivity contribution in [2.24, 2.45) is 5.92 Å². The first kappa shape index (κ1) is 12.6. The highest BCUT2D eigenvalue weighted by atomic mass is 16.4. The minimum Gasteiger partial charge on any atom is -0.480 e. The minimum absolute atomic E-state index is 0.367. The molecule has 0 saturated carbocycles. The fourth-order valence-corrected chi connectivity index (χ4v) is 1.48. The first-order chi connectivity index (χ1) is 7.59. The third-order valence-corrected chi connectivity index (χ3v) is 2.31. The molecule has 0 bridgehead atoms. The Kier molecular flexibility index (Phi) is 4.92. The molecule has 0 radical (unpaired) electrons. The lowest BCUT2D eigenvalue weighted by molar-refractivity contribution is -0.140. The van der Waals surface area contributed by atoms with Crippen LogP contribution in [0.5, 0.6) is 0 Å². The van der Waals surface area contributed by atoms with Crippen LogP contribution in [0, 0.1) is 5.92 Å². The number of nitrogens with one attached hydrogen (secondary N) is 1. The van der Waals surface area contributed by atoms with Crippen molar-refractivity contribution in [3.63, 3.8) is 0 Å². The quantitative estimate of drug-likeness (QED) is 0.768. The molecule has 4 heteroatoms. The second kappa shape index (κ2) is 6.23. The monoisotopic (exact) mass is 222 g/mol. The Morgan fingerprint density at radius 1 is 1.44 bits per heavy atom. The normalized spacial score (nSPS) is 12.7. The van der Waals surface area contributed by atoms with Crippen LogP contribution in [0.15, 0.2) is 24.5 Å². The van der Waals surface area contributed by atoms with Crippen LogP contribution in [0.1, 0.15) is 25.8 Å². The van der Waals surface area contributed by atoms with E-state index >= 15 is 0 Å². The second-order valence-corrected chi connectivity index (χ2v) is 4.26. The number of hydrogen-bond acceptors (Lipinski definition) is 3. The number of carboxylic acid groups (broad SMARTS) is 1. The van der Waals surface area contributed by atoms with E-state index in [4.69, 9.17) is 5.11 Å². The summed E-state index contributed by atoms with van der Waals surface area (Å²) in [6.45, 7) is 4.60. The largest absolute Gasteiger partial charge is 0.480 e. The highest BCUT2D eigenvalue weighted by molar-refractivity contribution is 5.73. The molecule has 16 heavy (non-hydrogen) atoms. The van der Waals surface area contributed by atoms with E-state index < -0.39 is 12.0 Å². The van der Waals surface area contributed by atoms with E-state index in [1.54, 1.807) is 12.4 Å². The van der Waals surface area contributed by atoms with E-state index in [1.807, 2.05) is 26.0 Å². The molecule has 2 N–H and O–H groups in total. The highest BCUT2D eigenvalue weighted by Crippen LogP contribution is 2.06.